The van der Waals surface area contributed by atoms with E-state index in [1.54, 1.807) is 31.2 Å². The van der Waals surface area contributed by atoms with Crippen LogP contribution in [0.5, 0.6) is 0 Å². The van der Waals surface area contributed by atoms with Crippen molar-refractivity contribution in [3.8, 4) is 21.0 Å². The number of likely N-dealkylation sites (tertiary alicyclic amines) is 1. The first kappa shape index (κ1) is 25.6. The fourth-order valence-corrected chi connectivity index (χ4v) is 6.48. The largest absolute Gasteiger partial charge is 0.340 e. The molecule has 1 aliphatic heterocycles. The highest BCUT2D eigenvalue weighted by atomic mass is 35.5. The van der Waals surface area contributed by atoms with Crippen molar-refractivity contribution in [2.24, 2.45) is 0 Å². The number of carbonyl (C=O) groups excluding carboxylic acids is 1. The van der Waals surface area contributed by atoms with Crippen LogP contribution in [0.1, 0.15) is 47.2 Å². The maximum absolute atomic E-state index is 14.3. The Labute approximate surface area is 233 Å². The molecule has 0 radical (unpaired) electrons. The molecule has 5 nitrogen and oxygen atoms in total. The van der Waals surface area contributed by atoms with Gasteiger partial charge in [-0.1, -0.05) is 23.7 Å². The molecular weight excluding hydrogens is 538 g/mol. The minimum absolute atomic E-state index is 0.231. The molecule has 1 N–H and O–H groups in total. The molecule has 0 saturated carbocycles. The second-order valence-corrected chi connectivity index (χ2v) is 11.6. The van der Waals surface area contributed by atoms with Crippen LogP contribution in [-0.4, -0.2) is 32.3 Å². The van der Waals surface area contributed by atoms with Gasteiger partial charge in [0, 0.05) is 17.1 Å². The predicted octanol–water partition coefficient (Wildman–Crippen LogP) is 8.05. The summed E-state index contributed by atoms with van der Waals surface area (Å²) < 4.78 is 27.7. The zero-order valence-corrected chi connectivity index (χ0v) is 23.2. The van der Waals surface area contributed by atoms with Gasteiger partial charge in [0.15, 0.2) is 0 Å². The third-order valence-electron chi connectivity index (χ3n) is 7.58. The van der Waals surface area contributed by atoms with E-state index >= 15 is 0 Å². The van der Waals surface area contributed by atoms with Gasteiger partial charge >= 0.3 is 0 Å². The summed E-state index contributed by atoms with van der Waals surface area (Å²) >= 11 is 7.67. The highest BCUT2D eigenvalue weighted by molar-refractivity contribution is 7.18. The molecule has 1 fully saturated rings. The van der Waals surface area contributed by atoms with Crippen molar-refractivity contribution in [2.75, 3.05) is 6.54 Å². The number of amides is 1. The molecule has 1 unspecified atom stereocenters. The van der Waals surface area contributed by atoms with Gasteiger partial charge in [-0.3, -0.25) is 4.79 Å². The van der Waals surface area contributed by atoms with Crippen molar-refractivity contribution in [1.82, 2.24) is 19.9 Å². The molecule has 2 aromatic heterocycles. The van der Waals surface area contributed by atoms with Gasteiger partial charge in [-0.2, -0.15) is 0 Å². The van der Waals surface area contributed by atoms with Crippen LogP contribution in [0.2, 0.25) is 5.02 Å². The predicted molar refractivity (Wildman–Crippen MR) is 151 cm³/mol. The monoisotopic (exact) mass is 562 g/mol. The molecule has 5 aromatic rings. The number of hydrogen-bond donors (Lipinski definition) is 1. The number of thiazole rings is 1. The molecule has 39 heavy (non-hydrogen) atoms. The molecule has 3 heterocycles. The van der Waals surface area contributed by atoms with Crippen LogP contribution in [0, 0.1) is 25.5 Å². The van der Waals surface area contributed by atoms with Crippen LogP contribution in [0.15, 0.2) is 54.6 Å². The molecule has 1 aliphatic rings. The van der Waals surface area contributed by atoms with E-state index < -0.39 is 5.54 Å². The summed E-state index contributed by atoms with van der Waals surface area (Å²) in [5, 5.41) is 1.23. The molecule has 3 aromatic carbocycles. The number of aromatic nitrogens is 3. The summed E-state index contributed by atoms with van der Waals surface area (Å²) in [5.41, 5.74) is 4.03. The summed E-state index contributed by atoms with van der Waals surface area (Å²) in [6.45, 7) is 6.17. The van der Waals surface area contributed by atoms with Gasteiger partial charge in [0.25, 0.3) is 5.91 Å². The first-order chi connectivity index (χ1) is 18.7. The number of benzene rings is 3. The number of nitrogens with zero attached hydrogens (tertiary/aromatic N) is 3. The minimum atomic E-state index is -0.689. The van der Waals surface area contributed by atoms with Crippen molar-refractivity contribution in [1.29, 1.82) is 0 Å². The van der Waals surface area contributed by atoms with Gasteiger partial charge in [0.1, 0.15) is 28.2 Å². The fourth-order valence-electron chi connectivity index (χ4n) is 5.27. The molecular formula is C30H25ClF2N4OS. The van der Waals surface area contributed by atoms with E-state index in [2.05, 4.69) is 4.98 Å². The lowest BCUT2D eigenvalue weighted by atomic mass is 9.97. The normalized spacial score (nSPS) is 17.3. The van der Waals surface area contributed by atoms with Gasteiger partial charge in [-0.15, -0.1) is 11.3 Å². The van der Waals surface area contributed by atoms with Crippen molar-refractivity contribution in [2.45, 2.75) is 39.2 Å². The number of aromatic amines is 1. The molecule has 6 rings (SSSR count). The minimum Gasteiger partial charge on any atom is -0.340 e. The van der Waals surface area contributed by atoms with Crippen LogP contribution in [0.3, 0.4) is 0 Å². The van der Waals surface area contributed by atoms with Crippen LogP contribution in [-0.2, 0) is 5.54 Å². The molecule has 198 valence electrons. The third kappa shape index (κ3) is 4.32. The number of H-pyrrole nitrogens is 1. The van der Waals surface area contributed by atoms with E-state index in [9.17, 15) is 13.6 Å². The van der Waals surface area contributed by atoms with Crippen LogP contribution in [0.4, 0.5) is 8.78 Å². The molecule has 0 spiro atoms. The second-order valence-electron chi connectivity index (χ2n) is 10.2. The molecule has 0 aliphatic carbocycles. The van der Waals surface area contributed by atoms with Gasteiger partial charge < -0.3 is 9.88 Å². The van der Waals surface area contributed by atoms with Gasteiger partial charge in [-0.05, 0) is 92.8 Å². The SMILES string of the molecule is Cc1cc(-c2nc(C(=O)N3CCCC3(C)c3nc4c(C)c(Cl)ccc4[nH]3)c(-c3ccc(F)cc3)s2)ccc1F. The maximum atomic E-state index is 14.3. The van der Waals surface area contributed by atoms with E-state index in [4.69, 9.17) is 21.6 Å². The summed E-state index contributed by atoms with van der Waals surface area (Å²) in [6.07, 6.45) is 1.53. The lowest BCUT2D eigenvalue weighted by molar-refractivity contribution is 0.0601. The zero-order chi connectivity index (χ0) is 27.5. The summed E-state index contributed by atoms with van der Waals surface area (Å²) in [6, 6.07) is 14.5. The van der Waals surface area contributed by atoms with Crippen LogP contribution >= 0.6 is 22.9 Å². The second kappa shape index (κ2) is 9.54. The standard InChI is InChI=1S/C30H25ClF2N4OS/c1-16-15-19(7-11-22(16)33)27-35-25(26(39-27)18-5-8-20(32)9-6-18)28(38)37-14-4-13-30(37,3)29-34-23-12-10-21(31)17(2)24(23)36-29/h5-12,15H,4,13-14H2,1-3H3,(H,34,36). The Morgan fingerprint density at radius 3 is 2.54 bits per heavy atom. The number of aryl methyl sites for hydroxylation is 2. The number of halogens is 3. The molecule has 0 bridgehead atoms. The van der Waals surface area contributed by atoms with Crippen LogP contribution < -0.4 is 0 Å². The smallest absolute Gasteiger partial charge is 0.274 e. The number of fused-ring (bicyclic) bond motifs is 1. The highest BCUT2D eigenvalue weighted by Crippen LogP contribution is 2.42. The van der Waals surface area contributed by atoms with Crippen molar-refractivity contribution in [3.05, 3.63) is 93.9 Å². The first-order valence-corrected chi connectivity index (χ1v) is 13.9. The van der Waals surface area contributed by atoms with E-state index in [0.29, 0.717) is 38.4 Å². The molecule has 1 amide bonds. The van der Waals surface area contributed by atoms with Gasteiger partial charge in [0.05, 0.1) is 21.4 Å². The van der Waals surface area contributed by atoms with E-state index in [1.165, 1.54) is 29.5 Å². The Kier molecular flexibility index (Phi) is 6.27. The van der Waals surface area contributed by atoms with E-state index in [1.807, 2.05) is 30.9 Å². The van der Waals surface area contributed by atoms with Crippen molar-refractivity contribution in [3.63, 3.8) is 0 Å². The molecule has 1 atom stereocenters. The van der Waals surface area contributed by atoms with Crippen molar-refractivity contribution >= 4 is 39.9 Å². The zero-order valence-electron chi connectivity index (χ0n) is 21.6. The maximum Gasteiger partial charge on any atom is 0.274 e. The number of rotatable bonds is 4. The fraction of sp³-hybridized carbons (Fsp3) is 0.233. The van der Waals surface area contributed by atoms with E-state index in [0.717, 1.165) is 35.0 Å². The Morgan fingerprint density at radius 1 is 1.05 bits per heavy atom. The average molecular weight is 563 g/mol. The lowest BCUT2D eigenvalue weighted by Crippen LogP contribution is -2.44. The quantitative estimate of drug-likeness (QED) is 0.241. The van der Waals surface area contributed by atoms with Crippen LogP contribution in [0.25, 0.3) is 32.0 Å². The summed E-state index contributed by atoms with van der Waals surface area (Å²) in [7, 11) is 0. The molecule has 9 heteroatoms. The third-order valence-corrected chi connectivity index (χ3v) is 9.14. The van der Waals surface area contributed by atoms with E-state index in [-0.39, 0.29) is 23.2 Å². The van der Waals surface area contributed by atoms with Gasteiger partial charge in [0.2, 0.25) is 0 Å². The summed E-state index contributed by atoms with van der Waals surface area (Å²) in [4.78, 5) is 29.8. The van der Waals surface area contributed by atoms with Crippen molar-refractivity contribution < 1.29 is 13.6 Å². The number of carbonyl (C=O) groups is 1. The Balaban J connectivity index is 1.45. The van der Waals surface area contributed by atoms with Gasteiger partial charge in [-0.25, -0.2) is 18.7 Å². The number of imidazole rings is 1. The number of hydrogen-bond acceptors (Lipinski definition) is 4. The highest BCUT2D eigenvalue weighted by Gasteiger charge is 2.45. The molecule has 1 saturated heterocycles. The first-order valence-electron chi connectivity index (χ1n) is 12.7. The summed E-state index contributed by atoms with van der Waals surface area (Å²) in [5.74, 6) is -0.203. The Morgan fingerprint density at radius 2 is 1.79 bits per heavy atom. The average Bonchev–Trinajstić information content (AvgIpc) is 3.66. The Bertz CT molecular complexity index is 1750. The topological polar surface area (TPSA) is 61.9 Å². The Hall–Kier alpha value is -3.62. The number of nitrogens with one attached hydrogen (secondary N) is 1. The lowest BCUT2D eigenvalue weighted by Gasteiger charge is -2.33.